The Labute approximate surface area is 298 Å². The van der Waals surface area contributed by atoms with Gasteiger partial charge in [-0.2, -0.15) is 0 Å². The summed E-state index contributed by atoms with van der Waals surface area (Å²) in [7, 11) is 0. The second-order valence-electron chi connectivity index (χ2n) is 15.6. The maximum absolute atomic E-state index is 2.81. The van der Waals surface area contributed by atoms with E-state index in [4.69, 9.17) is 0 Å². The third-order valence-corrected chi connectivity index (χ3v) is 13.0. The van der Waals surface area contributed by atoms with Crippen molar-refractivity contribution in [1.29, 1.82) is 0 Å². The minimum atomic E-state index is 0.333. The smallest absolute Gasteiger partial charge is 0.0695 e. The van der Waals surface area contributed by atoms with E-state index in [1.165, 1.54) is 66.6 Å². The quantitative estimate of drug-likeness (QED) is 0.297. The standard InChI is InChI=1S/C48H48N2/c1-3-13-33(14-4-1)35-25-28-38(29-26-35)49-45-23-9-8-20-42(45)44-32-37(27-30-47(44)49)40-21-12-22-43-41-19-7-10-24-46(41)50(48(40)43)39-18-11-17-36(31-39)34-15-5-2-6-16-34/h1-5,7-10,12-14,19-25,28,31-32,34,36,42-43,45,48H,6,11,15-18,26-27,29-30H2. The van der Waals surface area contributed by atoms with Crippen LogP contribution in [0.25, 0.3) is 5.57 Å². The van der Waals surface area contributed by atoms with Crippen molar-refractivity contribution in [3.8, 4) is 0 Å². The Kier molecular flexibility index (Phi) is 7.66. The maximum atomic E-state index is 2.81. The zero-order valence-electron chi connectivity index (χ0n) is 29.1. The molecule has 0 spiro atoms. The summed E-state index contributed by atoms with van der Waals surface area (Å²) in [4.78, 5) is 5.54. The zero-order chi connectivity index (χ0) is 33.0. The van der Waals surface area contributed by atoms with Crippen molar-refractivity contribution in [2.24, 2.45) is 17.8 Å². The highest BCUT2D eigenvalue weighted by atomic mass is 15.2. The van der Waals surface area contributed by atoms with E-state index in [0.29, 0.717) is 29.8 Å². The molecule has 2 nitrogen and oxygen atoms in total. The van der Waals surface area contributed by atoms with Gasteiger partial charge in [-0.3, -0.25) is 0 Å². The van der Waals surface area contributed by atoms with Gasteiger partial charge in [-0.15, -0.1) is 0 Å². The monoisotopic (exact) mass is 652 g/mol. The summed E-state index contributed by atoms with van der Waals surface area (Å²) in [6.45, 7) is 0. The fraction of sp³-hybridized carbons (Fsp3) is 0.333. The molecule has 8 aliphatic rings. The second kappa shape index (κ2) is 12.6. The van der Waals surface area contributed by atoms with Gasteiger partial charge in [0.15, 0.2) is 0 Å². The Hall–Kier alpha value is -4.56. The lowest BCUT2D eigenvalue weighted by Crippen LogP contribution is -2.38. The molecule has 0 aromatic heterocycles. The lowest BCUT2D eigenvalue weighted by molar-refractivity contribution is 0.327. The highest BCUT2D eigenvalue weighted by Crippen LogP contribution is 2.54. The van der Waals surface area contributed by atoms with Crippen LogP contribution in [0.2, 0.25) is 0 Å². The van der Waals surface area contributed by atoms with Crippen molar-refractivity contribution >= 4 is 11.3 Å². The van der Waals surface area contributed by atoms with Gasteiger partial charge in [-0.05, 0) is 122 Å². The van der Waals surface area contributed by atoms with Crippen molar-refractivity contribution in [2.45, 2.75) is 82.2 Å². The first-order valence-corrected chi connectivity index (χ1v) is 19.5. The van der Waals surface area contributed by atoms with E-state index < -0.39 is 0 Å². The molecule has 0 radical (unpaired) electrons. The molecular formula is C48H48N2. The molecule has 10 rings (SSSR count). The Morgan fingerprint density at radius 1 is 0.640 bits per heavy atom. The molecule has 0 saturated heterocycles. The van der Waals surface area contributed by atoms with Crippen LogP contribution in [0.15, 0.2) is 167 Å². The lowest BCUT2D eigenvalue weighted by Gasteiger charge is -2.39. The van der Waals surface area contributed by atoms with E-state index in [0.717, 1.165) is 31.6 Å². The molecule has 6 aliphatic carbocycles. The van der Waals surface area contributed by atoms with E-state index in [-0.39, 0.29) is 0 Å². The van der Waals surface area contributed by atoms with E-state index >= 15 is 0 Å². The predicted octanol–water partition coefficient (Wildman–Crippen LogP) is 11.7. The Bertz CT molecular complexity index is 2000. The number of anilines is 1. The van der Waals surface area contributed by atoms with Gasteiger partial charge in [0.2, 0.25) is 0 Å². The van der Waals surface area contributed by atoms with Crippen molar-refractivity contribution in [1.82, 2.24) is 4.90 Å². The van der Waals surface area contributed by atoms with Crippen LogP contribution in [-0.2, 0) is 0 Å². The summed E-state index contributed by atoms with van der Waals surface area (Å²) in [6, 6.07) is 20.9. The van der Waals surface area contributed by atoms with Crippen LogP contribution in [0.5, 0.6) is 0 Å². The van der Waals surface area contributed by atoms with Gasteiger partial charge in [0.25, 0.3) is 0 Å². The lowest BCUT2D eigenvalue weighted by atomic mass is 9.76. The van der Waals surface area contributed by atoms with Crippen molar-refractivity contribution < 1.29 is 0 Å². The number of allylic oxidation sites excluding steroid dienone is 14. The van der Waals surface area contributed by atoms with Crippen LogP contribution in [0.1, 0.15) is 81.3 Å². The highest BCUT2D eigenvalue weighted by Gasteiger charge is 2.45. The summed E-state index contributed by atoms with van der Waals surface area (Å²) in [6.07, 6.45) is 43.9. The molecule has 2 aromatic carbocycles. The Morgan fingerprint density at radius 3 is 2.38 bits per heavy atom. The molecule has 6 atom stereocenters. The molecule has 6 unspecified atom stereocenters. The topological polar surface area (TPSA) is 6.48 Å². The molecule has 0 saturated carbocycles. The minimum absolute atomic E-state index is 0.333. The van der Waals surface area contributed by atoms with Gasteiger partial charge < -0.3 is 9.80 Å². The first-order valence-electron chi connectivity index (χ1n) is 19.5. The number of fused-ring (bicyclic) bond motifs is 5. The van der Waals surface area contributed by atoms with E-state index in [2.05, 4.69) is 143 Å². The average Bonchev–Trinajstić information content (AvgIpc) is 3.71. The molecule has 0 fully saturated rings. The molecule has 0 N–H and O–H groups in total. The number of rotatable bonds is 5. The summed E-state index contributed by atoms with van der Waals surface area (Å²) < 4.78 is 0. The van der Waals surface area contributed by atoms with Gasteiger partial charge in [0.05, 0.1) is 12.1 Å². The normalized spacial score (nSPS) is 30.9. The Morgan fingerprint density at radius 2 is 1.50 bits per heavy atom. The SMILES string of the molecule is C1=CC2C3=C(CCC(C4=CC=CC5c6ccccc6N(C6=CC(C7CC=CCC7)CCC6)C45)=C3)N(C3=CC=C(c4ccccc4)CC3)C2C=C1. The van der Waals surface area contributed by atoms with Crippen molar-refractivity contribution in [2.75, 3.05) is 4.90 Å². The van der Waals surface area contributed by atoms with Crippen LogP contribution in [-0.4, -0.2) is 17.0 Å². The zero-order valence-corrected chi connectivity index (χ0v) is 29.1. The van der Waals surface area contributed by atoms with E-state index in [9.17, 15) is 0 Å². The minimum Gasteiger partial charge on any atom is -0.341 e. The van der Waals surface area contributed by atoms with Gasteiger partial charge in [-0.1, -0.05) is 121 Å². The van der Waals surface area contributed by atoms with Gasteiger partial charge in [0, 0.05) is 34.6 Å². The average molecular weight is 653 g/mol. The van der Waals surface area contributed by atoms with Crippen LogP contribution in [0, 0.1) is 17.8 Å². The largest absolute Gasteiger partial charge is 0.341 e. The summed E-state index contributed by atoms with van der Waals surface area (Å²) in [5.74, 6) is 2.30. The molecule has 2 aromatic rings. The Balaban J connectivity index is 1.01. The number of nitrogens with zero attached hydrogens (tertiary/aromatic N) is 2. The van der Waals surface area contributed by atoms with Crippen LogP contribution in [0.4, 0.5) is 5.69 Å². The molecule has 0 amide bonds. The van der Waals surface area contributed by atoms with Gasteiger partial charge >= 0.3 is 0 Å². The maximum Gasteiger partial charge on any atom is 0.0695 e. The molecule has 50 heavy (non-hydrogen) atoms. The highest BCUT2D eigenvalue weighted by molar-refractivity contribution is 5.73. The van der Waals surface area contributed by atoms with Gasteiger partial charge in [-0.25, -0.2) is 0 Å². The van der Waals surface area contributed by atoms with Crippen LogP contribution in [0.3, 0.4) is 0 Å². The number of para-hydroxylation sites is 1. The number of hydrogen-bond acceptors (Lipinski definition) is 2. The summed E-state index contributed by atoms with van der Waals surface area (Å²) >= 11 is 0. The predicted molar refractivity (Wildman–Crippen MR) is 208 cm³/mol. The molecule has 250 valence electrons. The molecule has 2 heteroatoms. The first-order chi connectivity index (χ1) is 24.8. The summed E-state index contributed by atoms with van der Waals surface area (Å²) in [5.41, 5.74) is 15.0. The molecular weight excluding hydrogens is 605 g/mol. The first kappa shape index (κ1) is 30.3. The third-order valence-electron chi connectivity index (χ3n) is 13.0. The fourth-order valence-electron chi connectivity index (χ4n) is 10.6. The second-order valence-corrected chi connectivity index (χ2v) is 15.6. The summed E-state index contributed by atoms with van der Waals surface area (Å²) in [5, 5.41) is 0. The number of hydrogen-bond donors (Lipinski definition) is 0. The molecule has 2 aliphatic heterocycles. The van der Waals surface area contributed by atoms with Crippen molar-refractivity contribution in [3.63, 3.8) is 0 Å². The molecule has 2 heterocycles. The third kappa shape index (κ3) is 5.05. The van der Waals surface area contributed by atoms with Gasteiger partial charge in [0.1, 0.15) is 0 Å². The van der Waals surface area contributed by atoms with E-state index in [1.54, 1.807) is 28.1 Å². The molecule has 0 bridgehead atoms. The van der Waals surface area contributed by atoms with Crippen LogP contribution >= 0.6 is 0 Å². The fourth-order valence-corrected chi connectivity index (χ4v) is 10.6. The number of benzene rings is 2. The van der Waals surface area contributed by atoms with E-state index in [1.807, 2.05) is 0 Å². The van der Waals surface area contributed by atoms with Crippen molar-refractivity contribution in [3.05, 3.63) is 179 Å². The van der Waals surface area contributed by atoms with Crippen LogP contribution < -0.4 is 4.90 Å².